The SMILES string of the molecule is Cc1ccc(-c2csc(SCC(=O)N(CCC#N)c3ccccc3)n2)cc1. The number of hydrogen-bond acceptors (Lipinski definition) is 5. The van der Waals surface area contributed by atoms with E-state index >= 15 is 0 Å². The van der Waals surface area contributed by atoms with Gasteiger partial charge >= 0.3 is 0 Å². The van der Waals surface area contributed by atoms with Crippen LogP contribution < -0.4 is 4.90 Å². The molecule has 0 N–H and O–H groups in total. The standard InChI is InChI=1S/C21H19N3OS2/c1-16-8-10-17(11-9-16)19-14-26-21(23-19)27-15-20(25)24(13-5-12-22)18-6-3-2-4-7-18/h2-4,6-11,14H,5,13,15H2,1H3. The number of hydrogen-bond donors (Lipinski definition) is 0. The Bertz CT molecular complexity index is 930. The summed E-state index contributed by atoms with van der Waals surface area (Å²) < 4.78 is 0.868. The van der Waals surface area contributed by atoms with Crippen LogP contribution in [0, 0.1) is 18.3 Å². The number of para-hydroxylation sites is 1. The fourth-order valence-electron chi connectivity index (χ4n) is 2.55. The number of carbonyl (C=O) groups is 1. The third kappa shape index (κ3) is 5.19. The minimum Gasteiger partial charge on any atom is -0.311 e. The summed E-state index contributed by atoms with van der Waals surface area (Å²) in [5.74, 6) is 0.273. The molecule has 1 heterocycles. The molecule has 136 valence electrons. The topological polar surface area (TPSA) is 57.0 Å². The Kier molecular flexibility index (Phi) is 6.64. The van der Waals surface area contributed by atoms with Crippen molar-refractivity contribution in [1.29, 1.82) is 5.26 Å². The lowest BCUT2D eigenvalue weighted by Gasteiger charge is -2.21. The number of nitrogens with zero attached hydrogens (tertiary/aromatic N) is 3. The minimum absolute atomic E-state index is 0.0199. The van der Waals surface area contributed by atoms with Gasteiger partial charge in [-0.3, -0.25) is 4.79 Å². The first-order valence-electron chi connectivity index (χ1n) is 8.55. The maximum atomic E-state index is 12.7. The van der Waals surface area contributed by atoms with Crippen LogP contribution in [0.2, 0.25) is 0 Å². The zero-order valence-corrected chi connectivity index (χ0v) is 16.6. The van der Waals surface area contributed by atoms with Crippen LogP contribution in [0.4, 0.5) is 5.69 Å². The quantitative estimate of drug-likeness (QED) is 0.520. The lowest BCUT2D eigenvalue weighted by Crippen LogP contribution is -2.33. The number of rotatable bonds is 7. The summed E-state index contributed by atoms with van der Waals surface area (Å²) in [5.41, 5.74) is 4.04. The number of benzene rings is 2. The molecular formula is C21H19N3OS2. The normalized spacial score (nSPS) is 10.4. The van der Waals surface area contributed by atoms with Gasteiger partial charge in [0.15, 0.2) is 4.34 Å². The summed E-state index contributed by atoms with van der Waals surface area (Å²) in [7, 11) is 0. The van der Waals surface area contributed by atoms with Crippen molar-refractivity contribution in [2.45, 2.75) is 17.7 Å². The highest BCUT2D eigenvalue weighted by atomic mass is 32.2. The average molecular weight is 394 g/mol. The highest BCUT2D eigenvalue weighted by Gasteiger charge is 2.16. The molecule has 1 amide bonds. The first kappa shape index (κ1) is 19.2. The predicted molar refractivity (Wildman–Crippen MR) is 112 cm³/mol. The number of thiazole rings is 1. The summed E-state index contributed by atoms with van der Waals surface area (Å²) in [5, 5.41) is 10.9. The van der Waals surface area contributed by atoms with E-state index in [4.69, 9.17) is 5.26 Å². The largest absolute Gasteiger partial charge is 0.311 e. The molecule has 0 radical (unpaired) electrons. The Labute approximate surface area is 167 Å². The van der Waals surface area contributed by atoms with E-state index in [0.717, 1.165) is 21.3 Å². The zero-order chi connectivity index (χ0) is 19.1. The molecule has 3 rings (SSSR count). The average Bonchev–Trinajstić information content (AvgIpc) is 3.17. The van der Waals surface area contributed by atoms with Crippen LogP contribution in [-0.4, -0.2) is 23.2 Å². The Morgan fingerprint density at radius 2 is 1.93 bits per heavy atom. The third-order valence-corrected chi connectivity index (χ3v) is 5.97. The van der Waals surface area contributed by atoms with Gasteiger partial charge < -0.3 is 4.90 Å². The molecule has 0 fully saturated rings. The van der Waals surface area contributed by atoms with Gasteiger partial charge in [0.25, 0.3) is 0 Å². The van der Waals surface area contributed by atoms with Crippen molar-refractivity contribution in [2.75, 3.05) is 17.2 Å². The molecule has 0 aliphatic heterocycles. The minimum atomic E-state index is -0.0199. The van der Waals surface area contributed by atoms with Crippen molar-refractivity contribution in [3.8, 4) is 17.3 Å². The monoisotopic (exact) mass is 393 g/mol. The van der Waals surface area contributed by atoms with Gasteiger partial charge in [-0.25, -0.2) is 4.98 Å². The summed E-state index contributed by atoms with van der Waals surface area (Å²) in [6.07, 6.45) is 0.306. The van der Waals surface area contributed by atoms with Gasteiger partial charge in [-0.2, -0.15) is 5.26 Å². The van der Waals surface area contributed by atoms with Gasteiger partial charge in [-0.05, 0) is 19.1 Å². The predicted octanol–water partition coefficient (Wildman–Crippen LogP) is 5.16. The zero-order valence-electron chi connectivity index (χ0n) is 15.0. The lowest BCUT2D eigenvalue weighted by molar-refractivity contribution is -0.116. The van der Waals surface area contributed by atoms with E-state index in [9.17, 15) is 4.79 Å². The van der Waals surface area contributed by atoms with Gasteiger partial charge in [-0.1, -0.05) is 59.8 Å². The van der Waals surface area contributed by atoms with Crippen LogP contribution in [0.3, 0.4) is 0 Å². The third-order valence-electron chi connectivity index (χ3n) is 3.97. The lowest BCUT2D eigenvalue weighted by atomic mass is 10.1. The molecule has 0 bridgehead atoms. The number of aryl methyl sites for hydroxylation is 1. The van der Waals surface area contributed by atoms with Gasteiger partial charge in [0, 0.05) is 23.2 Å². The maximum absolute atomic E-state index is 12.7. The van der Waals surface area contributed by atoms with Crippen LogP contribution in [0.25, 0.3) is 11.3 Å². The molecule has 1 aromatic heterocycles. The molecule has 3 aromatic rings. The Morgan fingerprint density at radius 3 is 2.63 bits per heavy atom. The molecule has 0 aliphatic carbocycles. The van der Waals surface area contributed by atoms with E-state index in [-0.39, 0.29) is 5.91 Å². The van der Waals surface area contributed by atoms with Crippen LogP contribution in [-0.2, 0) is 4.79 Å². The van der Waals surface area contributed by atoms with Gasteiger partial charge in [0.05, 0.1) is 23.9 Å². The number of carbonyl (C=O) groups excluding carboxylic acids is 1. The van der Waals surface area contributed by atoms with Crippen molar-refractivity contribution >= 4 is 34.7 Å². The molecule has 0 saturated carbocycles. The molecule has 6 heteroatoms. The van der Waals surface area contributed by atoms with Gasteiger partial charge in [-0.15, -0.1) is 11.3 Å². The van der Waals surface area contributed by atoms with Crippen molar-refractivity contribution in [3.63, 3.8) is 0 Å². The summed E-state index contributed by atoms with van der Waals surface area (Å²) in [6.45, 7) is 2.45. The van der Waals surface area contributed by atoms with Crippen molar-refractivity contribution in [3.05, 3.63) is 65.5 Å². The summed E-state index contributed by atoms with van der Waals surface area (Å²) in [6, 6.07) is 19.8. The molecule has 0 aliphatic rings. The molecule has 0 atom stereocenters. The second kappa shape index (κ2) is 9.36. The summed E-state index contributed by atoms with van der Waals surface area (Å²) in [4.78, 5) is 19.0. The van der Waals surface area contributed by atoms with E-state index in [2.05, 4.69) is 42.2 Å². The van der Waals surface area contributed by atoms with E-state index < -0.39 is 0 Å². The fraction of sp³-hybridized carbons (Fsp3) is 0.190. The molecule has 4 nitrogen and oxygen atoms in total. The van der Waals surface area contributed by atoms with Gasteiger partial charge in [0.2, 0.25) is 5.91 Å². The van der Waals surface area contributed by atoms with Crippen LogP contribution in [0.15, 0.2) is 64.3 Å². The number of nitriles is 1. The molecule has 0 spiro atoms. The first-order valence-corrected chi connectivity index (χ1v) is 10.4. The second-order valence-corrected chi connectivity index (χ2v) is 8.02. The van der Waals surface area contributed by atoms with Crippen molar-refractivity contribution in [1.82, 2.24) is 4.98 Å². The van der Waals surface area contributed by atoms with E-state index in [1.165, 1.54) is 17.3 Å². The smallest absolute Gasteiger partial charge is 0.237 e. The van der Waals surface area contributed by atoms with Crippen molar-refractivity contribution < 1.29 is 4.79 Å². The van der Waals surface area contributed by atoms with Crippen LogP contribution >= 0.6 is 23.1 Å². The number of amides is 1. The molecular weight excluding hydrogens is 374 g/mol. The number of anilines is 1. The number of aromatic nitrogens is 1. The molecule has 0 unspecified atom stereocenters. The van der Waals surface area contributed by atoms with Crippen molar-refractivity contribution in [2.24, 2.45) is 0 Å². The molecule has 0 saturated heterocycles. The first-order chi connectivity index (χ1) is 13.2. The maximum Gasteiger partial charge on any atom is 0.237 e. The summed E-state index contributed by atoms with van der Waals surface area (Å²) >= 11 is 2.98. The highest BCUT2D eigenvalue weighted by Crippen LogP contribution is 2.29. The number of thioether (sulfide) groups is 1. The molecule has 2 aromatic carbocycles. The Hall–Kier alpha value is -2.62. The molecule has 27 heavy (non-hydrogen) atoms. The van der Waals surface area contributed by atoms with E-state index in [0.29, 0.717) is 18.7 Å². The Morgan fingerprint density at radius 1 is 1.19 bits per heavy atom. The van der Waals surface area contributed by atoms with Crippen LogP contribution in [0.1, 0.15) is 12.0 Å². The van der Waals surface area contributed by atoms with Crippen LogP contribution in [0.5, 0.6) is 0 Å². The van der Waals surface area contributed by atoms with E-state index in [1.54, 1.807) is 16.2 Å². The van der Waals surface area contributed by atoms with Gasteiger partial charge in [0.1, 0.15) is 0 Å². The van der Waals surface area contributed by atoms with E-state index in [1.807, 2.05) is 35.7 Å². The second-order valence-electron chi connectivity index (χ2n) is 5.94. The highest BCUT2D eigenvalue weighted by molar-refractivity contribution is 8.01. The fourth-order valence-corrected chi connectivity index (χ4v) is 4.26. The Balaban J connectivity index is 1.65.